The molecule has 1 atom stereocenters. The predicted molar refractivity (Wildman–Crippen MR) is 469 cm³/mol. The third-order valence-corrected chi connectivity index (χ3v) is 21.1. The fourth-order valence-corrected chi connectivity index (χ4v) is 14.2. The van der Waals surface area contributed by atoms with E-state index in [4.69, 9.17) is 50.4 Å². The molecule has 124 heavy (non-hydrogen) atoms. The summed E-state index contributed by atoms with van der Waals surface area (Å²) in [5.74, 6) is -3.28. The Labute approximate surface area is 727 Å². The molecule has 8 aromatic rings. The molecular formula is C83H110ClN23O16S. The van der Waals surface area contributed by atoms with Gasteiger partial charge in [0.1, 0.15) is 46.5 Å². The first-order valence-corrected chi connectivity index (χ1v) is 41.5. The number of ether oxygens (including phenoxy) is 6. The lowest BCUT2D eigenvalue weighted by Gasteiger charge is -2.24. The molecule has 1 aliphatic rings. The van der Waals surface area contributed by atoms with Gasteiger partial charge in [0.05, 0.1) is 96.0 Å². The maximum Gasteiger partial charge on any atom is 0.291 e. The minimum atomic E-state index is -0.862. The molecule has 0 radical (unpaired) electrons. The molecule has 0 saturated carbocycles. The largest absolute Gasteiger partial charge is 0.491 e. The number of fused-ring (bicyclic) bond motifs is 1. The van der Waals surface area contributed by atoms with Gasteiger partial charge in [0.25, 0.3) is 29.5 Å². The monoisotopic (exact) mass is 1750 g/mol. The number of anilines is 6. The van der Waals surface area contributed by atoms with Crippen molar-refractivity contribution < 1.29 is 76.4 Å². The Hall–Kier alpha value is -12.3. The average Bonchev–Trinajstić information content (AvgIpc) is 1.60. The standard InChI is InChI=1S/C83H110ClN23O16S/c1-53-54(2)124-83-71(53)72(56-14-16-57(84)17-15-56)93-62(74(86)107(83)55(3)85)49-68(110)91-58-18-20-60(21-19-58)123-47-46-122-45-44-121-43-42-120-41-40-119-39-38-118-37-26-70(112)101(6)34-13-32-99(4)31-12-33-100(5)69(111)24-29-90-80(115)76-97-64(51-105(76)10)95-67(109)23-28-89-79(114)73-61(25-35-102(73)7)94-82(117)77-98-65(52-106(77)11)96-66(108)22-27-88-78(113)63-48-59(50-104(63)9)92-81(116)75-87-30-36-103(75)8/h14-21,25,30,35-36,48,50-52,62,85-86H,12-13,22-24,26-29,31-34,37-47,49H2,1-11H3,(H,88,113)(H,89,114)(H,90,115)(H,91,110)(H,92,116)(H,94,117)(H,95,109)(H,96,108)/t62-/m0/s1. The van der Waals surface area contributed by atoms with Crippen molar-refractivity contribution in [2.75, 3.05) is 171 Å². The van der Waals surface area contributed by atoms with Crippen molar-refractivity contribution in [2.45, 2.75) is 71.8 Å². The molecule has 7 heterocycles. The van der Waals surface area contributed by atoms with Crippen LogP contribution in [0.25, 0.3) is 0 Å². The van der Waals surface area contributed by atoms with Crippen LogP contribution in [0, 0.1) is 24.7 Å². The van der Waals surface area contributed by atoms with Crippen LogP contribution in [0.2, 0.25) is 5.02 Å². The Kier molecular flexibility index (Phi) is 36.5. The van der Waals surface area contributed by atoms with Crippen molar-refractivity contribution in [1.82, 2.24) is 68.4 Å². The van der Waals surface area contributed by atoms with Gasteiger partial charge in [0.2, 0.25) is 41.2 Å². The molecule has 41 heteroatoms. The highest BCUT2D eigenvalue weighted by atomic mass is 35.5. The molecule has 2 aromatic carbocycles. The van der Waals surface area contributed by atoms with E-state index in [9.17, 15) is 53.4 Å². The number of carbonyl (C=O) groups excluding carboxylic acids is 10. The molecule has 6 aromatic heterocycles. The number of nitrogens with zero attached hydrogens (tertiary/aromatic N) is 13. The number of carbonyl (C=O) groups is 10. The lowest BCUT2D eigenvalue weighted by Crippen LogP contribution is -2.41. The van der Waals surface area contributed by atoms with E-state index < -0.39 is 47.4 Å². The zero-order chi connectivity index (χ0) is 89.5. The van der Waals surface area contributed by atoms with Gasteiger partial charge in [-0.15, -0.1) is 11.3 Å². The number of nitrogens with one attached hydrogen (secondary N) is 10. The molecule has 0 fully saturated rings. The summed E-state index contributed by atoms with van der Waals surface area (Å²) in [6.07, 6.45) is 10.4. The van der Waals surface area contributed by atoms with Crippen molar-refractivity contribution in [2.24, 2.45) is 40.2 Å². The van der Waals surface area contributed by atoms with Crippen molar-refractivity contribution in [3.63, 3.8) is 0 Å². The highest BCUT2D eigenvalue weighted by Gasteiger charge is 2.36. The van der Waals surface area contributed by atoms with E-state index >= 15 is 0 Å². The minimum Gasteiger partial charge on any atom is -0.491 e. The van der Waals surface area contributed by atoms with Crippen LogP contribution >= 0.6 is 22.9 Å². The van der Waals surface area contributed by atoms with Crippen LogP contribution in [0.1, 0.15) is 126 Å². The van der Waals surface area contributed by atoms with Crippen LogP contribution in [0.4, 0.5) is 33.7 Å². The van der Waals surface area contributed by atoms with Crippen molar-refractivity contribution in [1.29, 1.82) is 10.8 Å². The van der Waals surface area contributed by atoms with E-state index in [0.29, 0.717) is 113 Å². The minimum absolute atomic E-state index is 0.00814. The van der Waals surface area contributed by atoms with Gasteiger partial charge >= 0.3 is 0 Å². The molecular weight excluding hydrogens is 1640 g/mol. The fourth-order valence-electron chi connectivity index (χ4n) is 12.9. The summed E-state index contributed by atoms with van der Waals surface area (Å²) in [6, 6.07) is 16.4. The van der Waals surface area contributed by atoms with Gasteiger partial charge in [0, 0.05) is 165 Å². The Morgan fingerprint density at radius 3 is 1.64 bits per heavy atom. The number of amides is 10. The number of halogens is 1. The summed E-state index contributed by atoms with van der Waals surface area (Å²) < 4.78 is 41.3. The number of rotatable bonds is 49. The van der Waals surface area contributed by atoms with Gasteiger partial charge < -0.3 is 108 Å². The molecule has 1 aliphatic heterocycles. The highest BCUT2D eigenvalue weighted by molar-refractivity contribution is 7.17. The summed E-state index contributed by atoms with van der Waals surface area (Å²) >= 11 is 7.72. The normalized spacial score (nSPS) is 12.4. The van der Waals surface area contributed by atoms with Crippen LogP contribution in [-0.2, 0) is 82.9 Å². The first kappa shape index (κ1) is 95.5. The number of aliphatic imine (C=N–C) groups is 1. The SMILES string of the molecule is CC(=N)N1C(=N)[C@H](CC(=O)Nc2ccc(OCCOCCOCCOCCOCCOCCC(=O)N(C)CCCN(C)CCCN(C)C(=O)CCNC(=O)c3nc(NC(=O)CCNC(=O)c4c(NC(=O)c5nc(NC(=O)CCNC(=O)c6cc(NC(=O)c7nccn7C)cn6C)cn5C)ccn4C)cn3C)cc2)N=C(c2ccc(Cl)cc2)c2c1sc(C)c2C. The fraction of sp³-hybridized carbons (Fsp3) is 0.446. The number of hydrogen-bond donors (Lipinski definition) is 10. The summed E-state index contributed by atoms with van der Waals surface area (Å²) in [5.41, 5.74) is 4.66. The van der Waals surface area contributed by atoms with Gasteiger partial charge in [-0.1, -0.05) is 23.7 Å². The first-order chi connectivity index (χ1) is 59.4. The molecule has 9 rings (SSSR count). The second kappa shape index (κ2) is 47.4. The quantitative estimate of drug-likeness (QED) is 0.0114. The molecule has 10 N–H and O–H groups in total. The van der Waals surface area contributed by atoms with E-state index in [1.54, 1.807) is 131 Å². The summed E-state index contributed by atoms with van der Waals surface area (Å²) in [6.45, 7) is 12.0. The maximum atomic E-state index is 13.5. The molecule has 0 unspecified atom stereocenters. The van der Waals surface area contributed by atoms with Gasteiger partial charge in [-0.05, 0) is 108 Å². The molecule has 0 saturated heterocycles. The number of benzene rings is 2. The second-order valence-corrected chi connectivity index (χ2v) is 30.9. The van der Waals surface area contributed by atoms with E-state index in [2.05, 4.69) is 62.4 Å². The van der Waals surface area contributed by atoms with Crippen LogP contribution in [0.3, 0.4) is 0 Å². The van der Waals surface area contributed by atoms with Crippen molar-refractivity contribution in [3.8, 4) is 5.75 Å². The van der Waals surface area contributed by atoms with E-state index in [1.807, 2.05) is 33.0 Å². The number of amidine groups is 2. The zero-order valence-electron chi connectivity index (χ0n) is 71.6. The number of imidazole rings is 3. The Bertz CT molecular complexity index is 5090. The predicted octanol–water partition coefficient (Wildman–Crippen LogP) is 6.25. The number of aromatic nitrogens is 8. The number of hydrogen-bond acceptors (Lipinski definition) is 24. The third-order valence-electron chi connectivity index (χ3n) is 19.6. The summed E-state index contributed by atoms with van der Waals surface area (Å²) in [4.78, 5) is 156. The average molecular weight is 1750 g/mol. The van der Waals surface area contributed by atoms with Crippen LogP contribution < -0.4 is 52.2 Å². The van der Waals surface area contributed by atoms with Crippen LogP contribution in [0.15, 0.2) is 103 Å². The van der Waals surface area contributed by atoms with Crippen LogP contribution in [0.5, 0.6) is 5.75 Å². The Morgan fingerprint density at radius 1 is 0.532 bits per heavy atom. The molecule has 666 valence electrons. The van der Waals surface area contributed by atoms with E-state index in [1.165, 1.54) is 60.3 Å². The first-order valence-electron chi connectivity index (χ1n) is 40.3. The second-order valence-electron chi connectivity index (χ2n) is 29.3. The topological polar surface area (TPSA) is 459 Å². The molecule has 10 amide bonds. The lowest BCUT2D eigenvalue weighted by atomic mass is 9.99. The van der Waals surface area contributed by atoms with Crippen LogP contribution in [-0.4, -0.2) is 275 Å². The van der Waals surface area contributed by atoms with Gasteiger partial charge in [-0.3, -0.25) is 68.7 Å². The Morgan fingerprint density at radius 2 is 1.06 bits per heavy atom. The van der Waals surface area contributed by atoms with Gasteiger partial charge in [-0.25, -0.2) is 15.0 Å². The van der Waals surface area contributed by atoms with Gasteiger partial charge in [-0.2, -0.15) is 0 Å². The Balaban J connectivity index is 0.532. The van der Waals surface area contributed by atoms with E-state index in [-0.39, 0.29) is 134 Å². The summed E-state index contributed by atoms with van der Waals surface area (Å²) in [5, 5.41) is 40.7. The van der Waals surface area contributed by atoms with E-state index in [0.717, 1.165) is 46.1 Å². The smallest absolute Gasteiger partial charge is 0.291 e. The lowest BCUT2D eigenvalue weighted by molar-refractivity contribution is -0.131. The summed E-state index contributed by atoms with van der Waals surface area (Å²) in [7, 11) is 13.5. The van der Waals surface area contributed by atoms with Crippen molar-refractivity contribution >= 4 is 133 Å². The molecule has 0 aliphatic carbocycles. The maximum absolute atomic E-state index is 13.5. The number of aryl methyl sites for hydroxylation is 6. The van der Waals surface area contributed by atoms with Crippen molar-refractivity contribution in [3.05, 3.63) is 153 Å². The molecule has 39 nitrogen and oxygen atoms in total. The highest BCUT2D eigenvalue weighted by Crippen LogP contribution is 2.40. The zero-order valence-corrected chi connectivity index (χ0v) is 73.2. The molecule has 0 bridgehead atoms. The number of thiophene rings is 1. The molecule has 0 spiro atoms. The third kappa shape index (κ3) is 28.4. The van der Waals surface area contributed by atoms with Gasteiger partial charge in [0.15, 0.2) is 17.5 Å².